The van der Waals surface area contributed by atoms with Crippen LogP contribution in [0.15, 0.2) is 24.3 Å². The summed E-state index contributed by atoms with van der Waals surface area (Å²) in [4.78, 5) is 46.5. The Morgan fingerprint density at radius 2 is 1.30 bits per heavy atom. The van der Waals surface area contributed by atoms with Gasteiger partial charge in [-0.3, -0.25) is 19.2 Å². The van der Waals surface area contributed by atoms with E-state index in [2.05, 4.69) is 0 Å². The van der Waals surface area contributed by atoms with Gasteiger partial charge in [-0.2, -0.15) is 0 Å². The lowest BCUT2D eigenvalue weighted by Gasteiger charge is -2.44. The van der Waals surface area contributed by atoms with Crippen molar-refractivity contribution in [3.05, 3.63) is 35.6 Å². The second kappa shape index (κ2) is 10.1. The molecule has 30 heavy (non-hydrogen) atoms. The molecule has 5 atom stereocenters. The van der Waals surface area contributed by atoms with Gasteiger partial charge in [0.1, 0.15) is 24.6 Å². The third-order valence-electron chi connectivity index (χ3n) is 4.19. The fourth-order valence-electron chi connectivity index (χ4n) is 3.15. The molecule has 1 fully saturated rings. The third kappa shape index (κ3) is 6.24. The summed E-state index contributed by atoms with van der Waals surface area (Å²) in [6, 6.07) is 5.19. The van der Waals surface area contributed by atoms with E-state index < -0.39 is 60.2 Å². The Kier molecular flexibility index (Phi) is 7.87. The predicted octanol–water partition coefficient (Wildman–Crippen LogP) is 1.62. The number of esters is 4. The molecule has 2 rings (SSSR count). The summed E-state index contributed by atoms with van der Waals surface area (Å²) in [5.41, 5.74) is 0.411. The van der Waals surface area contributed by atoms with Crippen molar-refractivity contribution in [3.63, 3.8) is 0 Å². The summed E-state index contributed by atoms with van der Waals surface area (Å²) in [6.45, 7) is 4.29. The van der Waals surface area contributed by atoms with E-state index in [1.807, 2.05) is 0 Å². The van der Waals surface area contributed by atoms with E-state index in [9.17, 15) is 23.6 Å². The molecule has 10 heteroatoms. The zero-order chi connectivity index (χ0) is 22.4. The first kappa shape index (κ1) is 23.3. The first-order valence-corrected chi connectivity index (χ1v) is 9.14. The van der Waals surface area contributed by atoms with Crippen LogP contribution in [0, 0.1) is 5.82 Å². The van der Waals surface area contributed by atoms with Crippen LogP contribution in [-0.4, -0.2) is 54.9 Å². The zero-order valence-electron chi connectivity index (χ0n) is 17.0. The number of hydrogen-bond donors (Lipinski definition) is 0. The minimum Gasteiger partial charge on any atom is -0.463 e. The molecular formula is C20H23FO9. The first-order valence-electron chi connectivity index (χ1n) is 9.14. The molecule has 0 aliphatic carbocycles. The summed E-state index contributed by atoms with van der Waals surface area (Å²) in [7, 11) is 0. The van der Waals surface area contributed by atoms with Crippen LogP contribution in [0.5, 0.6) is 0 Å². The number of benzene rings is 1. The van der Waals surface area contributed by atoms with E-state index in [4.69, 9.17) is 23.7 Å². The zero-order valence-corrected chi connectivity index (χ0v) is 17.0. The van der Waals surface area contributed by atoms with Crippen molar-refractivity contribution in [1.29, 1.82) is 0 Å². The van der Waals surface area contributed by atoms with Crippen LogP contribution >= 0.6 is 0 Å². The Hall–Kier alpha value is -3.01. The summed E-state index contributed by atoms with van der Waals surface area (Å²) < 4.78 is 40.3. The predicted molar refractivity (Wildman–Crippen MR) is 97.3 cm³/mol. The van der Waals surface area contributed by atoms with Gasteiger partial charge in [0.05, 0.1) is 0 Å². The van der Waals surface area contributed by atoms with Gasteiger partial charge < -0.3 is 23.7 Å². The standard InChI is InChI=1S/C20H23FO9/c1-10(22)26-9-16-18(27-11(2)23)20(29-13(4)25)19(28-12(3)24)17(30-16)14-5-7-15(21)8-6-14/h5-8,16-20H,9H2,1-4H3/t16-,17-,18-,19+,20+/m1/s1. The van der Waals surface area contributed by atoms with E-state index in [0.717, 1.165) is 20.8 Å². The lowest BCUT2D eigenvalue weighted by Crippen LogP contribution is -2.59. The summed E-state index contributed by atoms with van der Waals surface area (Å²) >= 11 is 0. The number of carbonyl (C=O) groups excluding carboxylic acids is 4. The van der Waals surface area contributed by atoms with Gasteiger partial charge in [-0.1, -0.05) is 12.1 Å². The van der Waals surface area contributed by atoms with Gasteiger partial charge in [0, 0.05) is 27.7 Å². The molecule has 0 bridgehead atoms. The van der Waals surface area contributed by atoms with Crippen molar-refractivity contribution in [2.45, 2.75) is 58.2 Å². The molecule has 0 amide bonds. The highest BCUT2D eigenvalue weighted by Crippen LogP contribution is 2.37. The van der Waals surface area contributed by atoms with Gasteiger partial charge in [-0.25, -0.2) is 4.39 Å². The molecule has 1 aliphatic rings. The molecule has 0 saturated carbocycles. The molecule has 1 aliphatic heterocycles. The van der Waals surface area contributed by atoms with Crippen molar-refractivity contribution >= 4 is 23.9 Å². The summed E-state index contributed by atoms with van der Waals surface area (Å²) in [6.07, 6.45) is -5.78. The maximum atomic E-state index is 13.4. The molecule has 0 radical (unpaired) electrons. The molecule has 0 N–H and O–H groups in total. The van der Waals surface area contributed by atoms with Crippen LogP contribution in [-0.2, 0) is 42.9 Å². The number of hydrogen-bond acceptors (Lipinski definition) is 9. The fraction of sp³-hybridized carbons (Fsp3) is 0.500. The van der Waals surface area contributed by atoms with Gasteiger partial charge in [-0.15, -0.1) is 0 Å². The Bertz CT molecular complexity index is 792. The minimum absolute atomic E-state index is 0.324. The highest BCUT2D eigenvalue weighted by Gasteiger charge is 2.52. The Morgan fingerprint density at radius 1 is 0.800 bits per heavy atom. The van der Waals surface area contributed by atoms with E-state index >= 15 is 0 Å². The molecule has 1 heterocycles. The molecule has 0 spiro atoms. The molecule has 1 aromatic carbocycles. The molecule has 1 aromatic rings. The fourth-order valence-corrected chi connectivity index (χ4v) is 3.15. The van der Waals surface area contributed by atoms with Crippen LogP contribution in [0.1, 0.15) is 39.4 Å². The van der Waals surface area contributed by atoms with Crippen molar-refractivity contribution in [2.24, 2.45) is 0 Å². The highest BCUT2D eigenvalue weighted by atomic mass is 19.1. The van der Waals surface area contributed by atoms with Gasteiger partial charge in [-0.05, 0) is 17.7 Å². The molecule has 1 saturated heterocycles. The molecule has 9 nitrogen and oxygen atoms in total. The van der Waals surface area contributed by atoms with Crippen LogP contribution in [0.4, 0.5) is 4.39 Å². The van der Waals surface area contributed by atoms with E-state index in [1.54, 1.807) is 0 Å². The Labute approximate surface area is 172 Å². The van der Waals surface area contributed by atoms with Crippen LogP contribution in [0.25, 0.3) is 0 Å². The largest absolute Gasteiger partial charge is 0.463 e. The minimum atomic E-state index is -1.26. The van der Waals surface area contributed by atoms with Crippen molar-refractivity contribution in [2.75, 3.05) is 6.61 Å². The molecule has 0 aromatic heterocycles. The number of halogens is 1. The van der Waals surface area contributed by atoms with Gasteiger partial charge in [0.2, 0.25) is 0 Å². The maximum absolute atomic E-state index is 13.4. The first-order chi connectivity index (χ1) is 14.1. The van der Waals surface area contributed by atoms with Crippen LogP contribution in [0.3, 0.4) is 0 Å². The maximum Gasteiger partial charge on any atom is 0.303 e. The smallest absolute Gasteiger partial charge is 0.303 e. The van der Waals surface area contributed by atoms with E-state index in [1.165, 1.54) is 31.2 Å². The quantitative estimate of drug-likeness (QED) is 0.494. The molecular weight excluding hydrogens is 403 g/mol. The number of rotatable bonds is 6. The van der Waals surface area contributed by atoms with Gasteiger partial charge >= 0.3 is 23.9 Å². The summed E-state index contributed by atoms with van der Waals surface area (Å²) in [5, 5.41) is 0. The lowest BCUT2D eigenvalue weighted by atomic mass is 9.90. The van der Waals surface area contributed by atoms with Crippen LogP contribution in [0.2, 0.25) is 0 Å². The average Bonchev–Trinajstić information content (AvgIpc) is 2.63. The normalized spacial score (nSPS) is 25.7. The summed E-state index contributed by atoms with van der Waals surface area (Å²) in [5.74, 6) is -3.24. The van der Waals surface area contributed by atoms with Crippen molar-refractivity contribution < 1.29 is 47.3 Å². The van der Waals surface area contributed by atoms with E-state index in [0.29, 0.717) is 5.56 Å². The second-order valence-electron chi connectivity index (χ2n) is 6.67. The van der Waals surface area contributed by atoms with Crippen LogP contribution < -0.4 is 0 Å². The van der Waals surface area contributed by atoms with Crippen molar-refractivity contribution in [3.8, 4) is 0 Å². The number of carbonyl (C=O) groups is 4. The SMILES string of the molecule is CC(=O)OC[C@H]1O[C@H](c2ccc(F)cc2)[C@H](OC(C)=O)[C@@H](OC(C)=O)[C@@H]1OC(C)=O. The van der Waals surface area contributed by atoms with Gasteiger partial charge in [0.15, 0.2) is 18.3 Å². The Morgan fingerprint density at radius 3 is 1.80 bits per heavy atom. The second-order valence-corrected chi connectivity index (χ2v) is 6.67. The molecule has 164 valence electrons. The topological polar surface area (TPSA) is 114 Å². The van der Waals surface area contributed by atoms with Gasteiger partial charge in [0.25, 0.3) is 0 Å². The molecule has 0 unspecified atom stereocenters. The Balaban J connectivity index is 2.51. The monoisotopic (exact) mass is 426 g/mol. The lowest BCUT2D eigenvalue weighted by molar-refractivity contribution is -0.254. The van der Waals surface area contributed by atoms with Crippen molar-refractivity contribution in [1.82, 2.24) is 0 Å². The third-order valence-corrected chi connectivity index (χ3v) is 4.19. The average molecular weight is 426 g/mol. The number of ether oxygens (including phenoxy) is 5. The highest BCUT2D eigenvalue weighted by molar-refractivity contribution is 5.68. The van der Waals surface area contributed by atoms with E-state index in [-0.39, 0.29) is 6.61 Å².